The van der Waals surface area contributed by atoms with E-state index in [0.29, 0.717) is 41.0 Å². The first-order valence-electron chi connectivity index (χ1n) is 13.4. The molecule has 6 N–H and O–H groups in total. The zero-order chi connectivity index (χ0) is 32.9. The number of hydrogen-bond acceptors (Lipinski definition) is 10. The number of benzene rings is 1. The summed E-state index contributed by atoms with van der Waals surface area (Å²) >= 11 is 0. The Bertz CT molecular complexity index is 1710. The molecule has 0 aliphatic rings. The van der Waals surface area contributed by atoms with E-state index < -0.39 is 36.8 Å². The molecule has 0 saturated carbocycles. The highest BCUT2D eigenvalue weighted by molar-refractivity contribution is 7.41. The number of carbonyl (C=O) groups excluding carboxylic acids is 1. The van der Waals surface area contributed by atoms with Gasteiger partial charge in [-0.2, -0.15) is 23.3 Å². The van der Waals surface area contributed by atoms with E-state index >= 15 is 0 Å². The average molecular weight is 647 g/mol. The van der Waals surface area contributed by atoms with Gasteiger partial charge in [-0.05, 0) is 24.3 Å². The molecule has 0 aliphatic heterocycles. The highest BCUT2D eigenvalue weighted by Gasteiger charge is 2.36. The topological polar surface area (TPSA) is 182 Å². The van der Waals surface area contributed by atoms with Crippen molar-refractivity contribution in [1.82, 2.24) is 30.0 Å². The maximum Gasteiger partial charge on any atom is 0.434 e. The highest BCUT2D eigenvalue weighted by Crippen LogP contribution is 2.37. The van der Waals surface area contributed by atoms with Gasteiger partial charge in [-0.25, -0.2) is 9.97 Å². The normalized spacial score (nSPS) is 12.1. The minimum Gasteiger partial charge on any atom is -0.495 e. The average Bonchev–Trinajstić information content (AvgIpc) is 3.44. The molecule has 17 heteroatoms. The van der Waals surface area contributed by atoms with Crippen LogP contribution in [0.5, 0.6) is 5.75 Å². The number of alkyl halides is 3. The lowest BCUT2D eigenvalue weighted by molar-refractivity contribution is -0.137. The second kappa shape index (κ2) is 13.5. The molecule has 1 atom stereocenters. The largest absolute Gasteiger partial charge is 0.495 e. The van der Waals surface area contributed by atoms with Crippen molar-refractivity contribution in [3.8, 4) is 17.0 Å². The van der Waals surface area contributed by atoms with Gasteiger partial charge in [0.2, 0.25) is 5.95 Å². The minimum absolute atomic E-state index is 0.0418. The van der Waals surface area contributed by atoms with E-state index in [-0.39, 0.29) is 30.1 Å². The first-order chi connectivity index (χ1) is 21.2. The van der Waals surface area contributed by atoms with Crippen molar-refractivity contribution in [2.24, 2.45) is 10.9 Å². The van der Waals surface area contributed by atoms with Crippen LogP contribution in [0.1, 0.15) is 35.5 Å². The molecule has 0 saturated heterocycles. The summed E-state index contributed by atoms with van der Waals surface area (Å²) in [5, 5.41) is 21.8. The number of aliphatic hydroxyl groups is 1. The van der Waals surface area contributed by atoms with Crippen LogP contribution in [0.15, 0.2) is 48.9 Å². The summed E-state index contributed by atoms with van der Waals surface area (Å²) in [6.07, 6.45) is -0.877. The molecule has 1 aromatic carbocycles. The van der Waals surface area contributed by atoms with Crippen molar-refractivity contribution in [1.29, 1.82) is 0 Å². The van der Waals surface area contributed by atoms with Gasteiger partial charge in [-0.3, -0.25) is 9.48 Å². The number of amides is 1. The van der Waals surface area contributed by atoms with Crippen molar-refractivity contribution >= 4 is 37.0 Å². The van der Waals surface area contributed by atoms with E-state index in [4.69, 9.17) is 10.2 Å². The molecule has 0 radical (unpaired) electrons. The van der Waals surface area contributed by atoms with E-state index in [0.717, 1.165) is 0 Å². The number of anilines is 4. The molecule has 238 valence electrons. The van der Waals surface area contributed by atoms with E-state index in [1.165, 1.54) is 32.5 Å². The van der Waals surface area contributed by atoms with Crippen molar-refractivity contribution < 1.29 is 32.4 Å². The first kappa shape index (κ1) is 33.2. The minimum atomic E-state index is -4.84. The van der Waals surface area contributed by atoms with Gasteiger partial charge in [0.15, 0.2) is 11.9 Å². The summed E-state index contributed by atoms with van der Waals surface area (Å²) in [6, 6.07) is 7.74. The Hall–Kier alpha value is -4.66. The SMILES string of the molecule is CNC(=O)c1nc(-c2cnn(CC(C)(C)CO)c2)ccc1Nc1nc(Nc2ccc(C[P+](N)=O)cc2OC)ncc1C(F)(F)F. The quantitative estimate of drug-likeness (QED) is 0.133. The Morgan fingerprint density at radius 3 is 2.49 bits per heavy atom. The third-order valence-electron chi connectivity index (χ3n) is 6.48. The molecule has 3 heterocycles. The summed E-state index contributed by atoms with van der Waals surface area (Å²) in [6.45, 7) is 4.11. The second-order valence-corrected chi connectivity index (χ2v) is 11.9. The van der Waals surface area contributed by atoms with Crippen LogP contribution in [0.25, 0.3) is 11.3 Å². The zero-order valence-corrected chi connectivity index (χ0v) is 25.7. The van der Waals surface area contributed by atoms with Crippen molar-refractivity contribution in [2.75, 3.05) is 31.4 Å². The smallest absolute Gasteiger partial charge is 0.434 e. The lowest BCUT2D eigenvalue weighted by atomic mass is 9.95. The molecule has 4 aromatic rings. The Morgan fingerprint density at radius 2 is 1.84 bits per heavy atom. The number of hydrogen-bond donors (Lipinski definition) is 5. The molecule has 45 heavy (non-hydrogen) atoms. The van der Waals surface area contributed by atoms with Crippen LogP contribution < -0.4 is 26.2 Å². The van der Waals surface area contributed by atoms with Crippen LogP contribution in [0.2, 0.25) is 0 Å². The number of ether oxygens (including phenoxy) is 1. The molecule has 0 aliphatic carbocycles. The fraction of sp³-hybridized carbons (Fsp3) is 0.321. The number of carbonyl (C=O) groups is 1. The van der Waals surface area contributed by atoms with Gasteiger partial charge in [0, 0.05) is 49.1 Å². The molecule has 1 unspecified atom stereocenters. The number of halogens is 3. The maximum absolute atomic E-state index is 14.0. The molecule has 3 aromatic heterocycles. The summed E-state index contributed by atoms with van der Waals surface area (Å²) in [5.41, 5.74) is 5.44. The summed E-state index contributed by atoms with van der Waals surface area (Å²) in [4.78, 5) is 25.1. The van der Waals surface area contributed by atoms with Crippen LogP contribution in [-0.2, 0) is 23.4 Å². The predicted octanol–water partition coefficient (Wildman–Crippen LogP) is 4.83. The van der Waals surface area contributed by atoms with Crippen molar-refractivity contribution in [3.63, 3.8) is 0 Å². The van der Waals surface area contributed by atoms with E-state index in [1.54, 1.807) is 29.1 Å². The van der Waals surface area contributed by atoms with E-state index in [2.05, 4.69) is 36.0 Å². The monoisotopic (exact) mass is 646 g/mol. The predicted molar refractivity (Wildman–Crippen MR) is 162 cm³/mol. The van der Waals surface area contributed by atoms with Gasteiger partial charge >= 0.3 is 14.1 Å². The number of aliphatic hydroxyl groups excluding tert-OH is 1. The molecule has 4 rings (SSSR count). The summed E-state index contributed by atoms with van der Waals surface area (Å²) in [7, 11) is 0.826. The van der Waals surface area contributed by atoms with Crippen LogP contribution in [0.4, 0.5) is 36.3 Å². The highest BCUT2D eigenvalue weighted by atomic mass is 31.1. The lowest BCUT2D eigenvalue weighted by Crippen LogP contribution is -2.23. The van der Waals surface area contributed by atoms with Crippen LogP contribution in [0, 0.1) is 5.41 Å². The summed E-state index contributed by atoms with van der Waals surface area (Å²) in [5.74, 6) is -1.19. The van der Waals surface area contributed by atoms with E-state index in [9.17, 15) is 27.6 Å². The number of pyridine rings is 1. The standard InChI is InChI=1S/C28H31F3N9O4P/c1-27(2,15-41)14-40-12-17(10-35-40)19-7-8-21(23(36-19)25(42)33-3)37-24-18(28(29,30)31)11-34-26(39-24)38-20-6-5-16(13-45(32)43)9-22(20)44-4/h5-12,41H,13-15H2,1-4H3,(H4-,32,33,34,37,38,39,42,43)/p+1. The zero-order valence-electron chi connectivity index (χ0n) is 24.8. The van der Waals surface area contributed by atoms with Gasteiger partial charge in [0.25, 0.3) is 5.91 Å². The molecular weight excluding hydrogens is 614 g/mol. The summed E-state index contributed by atoms with van der Waals surface area (Å²) < 4.78 is 60.5. The maximum atomic E-state index is 14.0. The molecular formula is C28H32F3N9O4P+. The number of nitrogens with two attached hydrogens (primary N) is 1. The van der Waals surface area contributed by atoms with Gasteiger partial charge in [0.05, 0.1) is 30.4 Å². The molecule has 0 spiro atoms. The van der Waals surface area contributed by atoms with Crippen molar-refractivity contribution in [2.45, 2.75) is 32.7 Å². The third kappa shape index (κ3) is 8.29. The van der Waals surface area contributed by atoms with Crippen LogP contribution >= 0.6 is 7.95 Å². The number of nitrogens with one attached hydrogen (secondary N) is 3. The Kier molecular flexibility index (Phi) is 10.0. The van der Waals surface area contributed by atoms with E-state index in [1.807, 2.05) is 13.8 Å². The van der Waals surface area contributed by atoms with Crippen LogP contribution in [-0.4, -0.2) is 56.5 Å². The number of rotatable bonds is 12. The molecule has 0 bridgehead atoms. The van der Waals surface area contributed by atoms with Crippen LogP contribution in [0.3, 0.4) is 0 Å². The number of methoxy groups -OCH3 is 1. The van der Waals surface area contributed by atoms with Gasteiger partial charge in [-0.15, -0.1) is 5.50 Å². The van der Waals surface area contributed by atoms with Gasteiger partial charge < -0.3 is 25.8 Å². The fourth-order valence-corrected chi connectivity index (χ4v) is 4.75. The first-order valence-corrected chi connectivity index (χ1v) is 15.0. The second-order valence-electron chi connectivity index (χ2n) is 10.7. The lowest BCUT2D eigenvalue weighted by Gasteiger charge is -2.20. The Balaban J connectivity index is 1.69. The molecule has 13 nitrogen and oxygen atoms in total. The Morgan fingerprint density at radius 1 is 1.11 bits per heavy atom. The third-order valence-corrected chi connectivity index (χ3v) is 7.16. The molecule has 1 amide bonds. The number of aromatic nitrogens is 5. The van der Waals surface area contributed by atoms with Gasteiger partial charge in [0.1, 0.15) is 17.1 Å². The Labute approximate surface area is 257 Å². The fourth-order valence-electron chi connectivity index (χ4n) is 4.19. The molecule has 0 fully saturated rings. The number of nitrogens with zero attached hydrogens (tertiary/aromatic N) is 5. The van der Waals surface area contributed by atoms with Gasteiger partial charge in [-0.1, -0.05) is 24.5 Å². The van der Waals surface area contributed by atoms with Crippen molar-refractivity contribution in [3.05, 3.63) is 65.7 Å².